The molecule has 36 heavy (non-hydrogen) atoms. The van der Waals surface area contributed by atoms with E-state index in [0.29, 0.717) is 29.8 Å². The van der Waals surface area contributed by atoms with Gasteiger partial charge in [-0.25, -0.2) is 4.98 Å². The summed E-state index contributed by atoms with van der Waals surface area (Å²) in [6.07, 6.45) is 5.54. The van der Waals surface area contributed by atoms with Gasteiger partial charge >= 0.3 is 0 Å². The molecule has 2 saturated heterocycles. The number of aliphatic hydroxyl groups excluding tert-OH is 1. The van der Waals surface area contributed by atoms with Gasteiger partial charge in [0, 0.05) is 36.4 Å². The van der Waals surface area contributed by atoms with Gasteiger partial charge in [0.15, 0.2) is 0 Å². The first-order valence-electron chi connectivity index (χ1n) is 12.6. The summed E-state index contributed by atoms with van der Waals surface area (Å²) >= 11 is 0. The van der Waals surface area contributed by atoms with Gasteiger partial charge in [0.2, 0.25) is 0 Å². The van der Waals surface area contributed by atoms with Crippen LogP contribution >= 0.6 is 0 Å². The van der Waals surface area contributed by atoms with Crippen molar-refractivity contribution in [1.82, 2.24) is 15.6 Å². The number of nitrogens with zero attached hydrogens (tertiary/aromatic N) is 2. The number of hydrogen-bond donors (Lipinski definition) is 3. The summed E-state index contributed by atoms with van der Waals surface area (Å²) in [5.41, 5.74) is 3.94. The minimum Gasteiger partial charge on any atom is -0.392 e. The molecular formula is C29H32N4O3. The molecule has 7 heteroatoms. The topological polar surface area (TPSA) is 94.6 Å². The second kappa shape index (κ2) is 10.5. The SMILES string of the molecule is Cc1cc(CO)ccc1C(=O)N[C@H]1C[C@H]2CC[C@@H](C1)N2c1ccc(C(=O)NCc2ccccc2)cn1. The molecule has 0 radical (unpaired) electrons. The smallest absolute Gasteiger partial charge is 0.253 e. The first-order valence-corrected chi connectivity index (χ1v) is 12.6. The lowest BCUT2D eigenvalue weighted by Gasteiger charge is -2.40. The third kappa shape index (κ3) is 5.11. The number of aryl methyl sites for hydroxylation is 1. The number of benzene rings is 2. The second-order valence-electron chi connectivity index (χ2n) is 9.81. The monoisotopic (exact) mass is 484 g/mol. The Kier molecular flexibility index (Phi) is 7.00. The number of aromatic nitrogens is 1. The first-order chi connectivity index (χ1) is 17.5. The minimum atomic E-state index is -0.135. The number of fused-ring (bicyclic) bond motifs is 2. The fourth-order valence-electron chi connectivity index (χ4n) is 5.56. The van der Waals surface area contributed by atoms with E-state index in [-0.39, 0.29) is 24.5 Å². The van der Waals surface area contributed by atoms with Crippen molar-refractivity contribution < 1.29 is 14.7 Å². The molecule has 3 heterocycles. The molecule has 2 aliphatic heterocycles. The molecule has 0 unspecified atom stereocenters. The number of amides is 2. The van der Waals surface area contributed by atoms with Gasteiger partial charge in [-0.05, 0) is 67.5 Å². The molecule has 186 valence electrons. The molecule has 0 saturated carbocycles. The fourth-order valence-corrected chi connectivity index (χ4v) is 5.56. The molecule has 2 aromatic carbocycles. The van der Waals surface area contributed by atoms with Crippen LogP contribution in [0.3, 0.4) is 0 Å². The molecule has 2 fully saturated rings. The van der Waals surface area contributed by atoms with Gasteiger partial charge in [-0.3, -0.25) is 9.59 Å². The summed E-state index contributed by atoms with van der Waals surface area (Å²) in [4.78, 5) is 32.5. The number of carbonyl (C=O) groups is 2. The first kappa shape index (κ1) is 24.0. The van der Waals surface area contributed by atoms with Crippen molar-refractivity contribution >= 4 is 17.6 Å². The van der Waals surface area contributed by atoms with E-state index in [2.05, 4.69) is 20.5 Å². The van der Waals surface area contributed by atoms with Gasteiger partial charge in [-0.2, -0.15) is 0 Å². The number of piperidine rings is 1. The van der Waals surface area contributed by atoms with Gasteiger partial charge in [-0.15, -0.1) is 0 Å². The molecule has 2 amide bonds. The third-order valence-electron chi connectivity index (χ3n) is 7.36. The summed E-state index contributed by atoms with van der Waals surface area (Å²) in [6.45, 7) is 2.35. The van der Waals surface area contributed by atoms with Crippen LogP contribution in [0.25, 0.3) is 0 Å². The Morgan fingerprint density at radius 1 is 0.972 bits per heavy atom. The maximum absolute atomic E-state index is 12.9. The Bertz CT molecular complexity index is 1220. The molecular weight excluding hydrogens is 452 g/mol. The van der Waals surface area contributed by atoms with Gasteiger partial charge in [0.25, 0.3) is 11.8 Å². The molecule has 3 N–H and O–H groups in total. The number of anilines is 1. The molecule has 3 aromatic rings. The van der Waals surface area contributed by atoms with Crippen molar-refractivity contribution in [2.24, 2.45) is 0 Å². The zero-order chi connectivity index (χ0) is 25.1. The van der Waals surface area contributed by atoms with Crippen LogP contribution in [0.2, 0.25) is 0 Å². The summed E-state index contributed by atoms with van der Waals surface area (Å²) in [5, 5.41) is 15.5. The zero-order valence-corrected chi connectivity index (χ0v) is 20.5. The summed E-state index contributed by atoms with van der Waals surface area (Å²) in [5.74, 6) is 0.700. The van der Waals surface area contributed by atoms with Crippen molar-refractivity contribution in [1.29, 1.82) is 0 Å². The molecule has 0 spiro atoms. The summed E-state index contributed by atoms with van der Waals surface area (Å²) < 4.78 is 0. The molecule has 3 atom stereocenters. The lowest BCUT2D eigenvalue weighted by atomic mass is 9.96. The molecule has 0 aliphatic carbocycles. The Hall–Kier alpha value is -3.71. The van der Waals surface area contributed by atoms with Gasteiger partial charge in [0.05, 0.1) is 12.2 Å². The number of hydrogen-bond acceptors (Lipinski definition) is 5. The molecule has 5 rings (SSSR count). The van der Waals surface area contributed by atoms with Crippen molar-refractivity contribution in [3.8, 4) is 0 Å². The van der Waals surface area contributed by atoms with E-state index in [4.69, 9.17) is 0 Å². The van der Waals surface area contributed by atoms with E-state index < -0.39 is 0 Å². The van der Waals surface area contributed by atoms with Crippen LogP contribution in [0.15, 0.2) is 66.9 Å². The van der Waals surface area contributed by atoms with Crippen LogP contribution in [-0.4, -0.2) is 40.0 Å². The van der Waals surface area contributed by atoms with Crippen LogP contribution in [0.4, 0.5) is 5.82 Å². The zero-order valence-electron chi connectivity index (χ0n) is 20.5. The Balaban J connectivity index is 1.19. The molecule has 2 aliphatic rings. The van der Waals surface area contributed by atoms with Crippen LogP contribution in [0.1, 0.15) is 63.1 Å². The van der Waals surface area contributed by atoms with Crippen LogP contribution in [-0.2, 0) is 13.2 Å². The van der Waals surface area contributed by atoms with Gasteiger partial charge in [-0.1, -0.05) is 42.5 Å². The van der Waals surface area contributed by atoms with E-state index in [1.165, 1.54) is 0 Å². The number of carbonyl (C=O) groups excluding carboxylic acids is 2. The molecule has 7 nitrogen and oxygen atoms in total. The Labute approximate surface area is 211 Å². The van der Waals surface area contributed by atoms with Crippen LogP contribution < -0.4 is 15.5 Å². The maximum atomic E-state index is 12.9. The van der Waals surface area contributed by atoms with Gasteiger partial charge in [0.1, 0.15) is 5.82 Å². The van der Waals surface area contributed by atoms with Crippen molar-refractivity contribution in [2.75, 3.05) is 4.90 Å². The highest BCUT2D eigenvalue weighted by atomic mass is 16.3. The lowest BCUT2D eigenvalue weighted by Crippen LogP contribution is -2.50. The standard InChI is InChI=1S/C29H32N4O3/c1-19-13-21(18-34)7-11-26(19)29(36)32-23-14-24-9-10-25(15-23)33(24)27-12-8-22(17-30-27)28(35)31-16-20-5-3-2-4-6-20/h2-8,11-13,17,23-25,34H,9-10,14-16,18H2,1H3,(H,31,35)(H,32,36)/t23-,24+,25-. The maximum Gasteiger partial charge on any atom is 0.253 e. The van der Waals surface area contributed by atoms with Crippen molar-refractivity contribution in [3.05, 3.63) is 94.7 Å². The van der Waals surface area contributed by atoms with E-state index >= 15 is 0 Å². The number of aliphatic hydroxyl groups is 1. The third-order valence-corrected chi connectivity index (χ3v) is 7.36. The van der Waals surface area contributed by atoms with E-state index in [9.17, 15) is 14.7 Å². The quantitative estimate of drug-likeness (QED) is 0.475. The molecule has 1 aromatic heterocycles. The van der Waals surface area contributed by atoms with Crippen LogP contribution in [0, 0.1) is 6.92 Å². The normalized spacial score (nSPS) is 20.7. The predicted octanol–water partition coefficient (Wildman–Crippen LogP) is 3.74. The Morgan fingerprint density at radius 3 is 2.36 bits per heavy atom. The highest BCUT2D eigenvalue weighted by molar-refractivity contribution is 5.96. The second-order valence-corrected chi connectivity index (χ2v) is 9.81. The summed E-state index contributed by atoms with van der Waals surface area (Å²) in [7, 11) is 0. The van der Waals surface area contributed by atoms with Crippen molar-refractivity contribution in [3.63, 3.8) is 0 Å². The van der Waals surface area contributed by atoms with Gasteiger partial charge < -0.3 is 20.6 Å². The van der Waals surface area contributed by atoms with E-state index in [1.54, 1.807) is 18.3 Å². The Morgan fingerprint density at radius 2 is 1.72 bits per heavy atom. The number of rotatable bonds is 7. The number of nitrogens with one attached hydrogen (secondary N) is 2. The highest BCUT2D eigenvalue weighted by Gasteiger charge is 2.41. The highest BCUT2D eigenvalue weighted by Crippen LogP contribution is 2.38. The minimum absolute atomic E-state index is 0.0298. The average molecular weight is 485 g/mol. The summed E-state index contributed by atoms with van der Waals surface area (Å²) in [6, 6.07) is 19.8. The van der Waals surface area contributed by atoms with E-state index in [0.717, 1.165) is 48.2 Å². The van der Waals surface area contributed by atoms with Crippen molar-refractivity contribution in [2.45, 2.75) is 63.9 Å². The predicted molar refractivity (Wildman–Crippen MR) is 139 cm³/mol. The lowest BCUT2D eigenvalue weighted by molar-refractivity contribution is 0.0924. The largest absolute Gasteiger partial charge is 0.392 e. The van der Waals surface area contributed by atoms with Crippen LogP contribution in [0.5, 0.6) is 0 Å². The molecule has 2 bridgehead atoms. The van der Waals surface area contributed by atoms with E-state index in [1.807, 2.05) is 55.5 Å². The fraction of sp³-hybridized carbons (Fsp3) is 0.345. The number of pyridine rings is 1. The average Bonchev–Trinajstić information content (AvgIpc) is 3.17.